The Kier molecular flexibility index (Phi) is 17.6. The quantitative estimate of drug-likeness (QED) is 0.180. The van der Waals surface area contributed by atoms with Crippen molar-refractivity contribution in [1.29, 1.82) is 0 Å². The zero-order valence-electron chi connectivity index (χ0n) is 33.0. The summed E-state index contributed by atoms with van der Waals surface area (Å²) in [6.07, 6.45) is 23.6. The molecular weight excluding hydrogens is 783 g/mol. The van der Waals surface area contributed by atoms with E-state index in [1.807, 2.05) is 0 Å². The van der Waals surface area contributed by atoms with E-state index in [1.54, 1.807) is 77.0 Å². The fourth-order valence-corrected chi connectivity index (χ4v) is 16.7. The molecule has 3 saturated carbocycles. The molecule has 2 nitrogen and oxygen atoms in total. The van der Waals surface area contributed by atoms with Gasteiger partial charge in [-0.05, 0) is 55.5 Å². The monoisotopic (exact) mass is 850 g/mol. The minimum atomic E-state index is -0.0911. The molecule has 3 aliphatic carbocycles. The van der Waals surface area contributed by atoms with Crippen molar-refractivity contribution in [1.82, 2.24) is 0 Å². The first-order chi connectivity index (χ1) is 24.3. The Hall–Kier alpha value is -1.37. The average Bonchev–Trinajstić information content (AvgIpc) is 3.51. The molecule has 0 radical (unpaired) electrons. The predicted molar refractivity (Wildman–Crippen MR) is 235 cm³/mol. The van der Waals surface area contributed by atoms with Crippen LogP contribution in [0, 0.1) is 41.5 Å². The summed E-state index contributed by atoms with van der Waals surface area (Å²) in [5.74, 6) is 0. The van der Waals surface area contributed by atoms with Crippen molar-refractivity contribution in [3.05, 3.63) is 93.5 Å². The van der Waals surface area contributed by atoms with Crippen molar-refractivity contribution in [3.8, 4) is 0 Å². The Morgan fingerprint density at radius 2 is 0.865 bits per heavy atom. The number of aryl methyl sites for hydroxylation is 6. The minimum absolute atomic E-state index is 0. The molecule has 1 aliphatic heterocycles. The second kappa shape index (κ2) is 21.1. The van der Waals surface area contributed by atoms with Crippen LogP contribution in [0.25, 0.3) is 0 Å². The normalized spacial score (nSPS) is 18.8. The van der Waals surface area contributed by atoms with Crippen molar-refractivity contribution in [3.63, 3.8) is 0 Å². The number of halogens is 2. The van der Waals surface area contributed by atoms with Gasteiger partial charge < -0.3 is 0 Å². The summed E-state index contributed by atoms with van der Waals surface area (Å²) in [5.41, 5.74) is 15.8. The molecule has 288 valence electrons. The second-order valence-electron chi connectivity index (χ2n) is 16.0. The van der Waals surface area contributed by atoms with Gasteiger partial charge in [0.15, 0.2) is 0 Å². The molecule has 3 aromatic rings. The molecule has 1 saturated heterocycles. The van der Waals surface area contributed by atoms with Gasteiger partial charge in [-0.15, -0.1) is 24.8 Å². The molecule has 4 fully saturated rings. The van der Waals surface area contributed by atoms with Crippen LogP contribution in [0.3, 0.4) is 0 Å². The number of benzene rings is 3. The van der Waals surface area contributed by atoms with Crippen molar-refractivity contribution >= 4 is 53.1 Å². The molecule has 7 rings (SSSR count). The molecule has 6 heteroatoms. The summed E-state index contributed by atoms with van der Waals surface area (Å²) in [6, 6.07) is 20.1. The van der Waals surface area contributed by atoms with Crippen LogP contribution in [0.1, 0.15) is 135 Å². The van der Waals surface area contributed by atoms with Gasteiger partial charge in [0.25, 0.3) is 0 Å². The topological polar surface area (TPSA) is 6.48 Å². The third-order valence-corrected chi connectivity index (χ3v) is 18.1. The van der Waals surface area contributed by atoms with Crippen LogP contribution < -0.4 is 9.80 Å². The van der Waals surface area contributed by atoms with Gasteiger partial charge in [0.1, 0.15) is 0 Å². The smallest absolute Gasteiger partial charge is 0.147 e. The maximum absolute atomic E-state index is 2.60. The molecule has 4 aliphatic rings. The molecule has 0 atom stereocenters. The first-order valence-corrected chi connectivity index (χ1v) is 23.6. The number of hydrogen-bond donors (Lipinski definition) is 0. The van der Waals surface area contributed by atoms with E-state index in [0.717, 1.165) is 13.1 Å². The minimum Gasteiger partial charge on any atom is -0.147 e. The van der Waals surface area contributed by atoms with E-state index in [9.17, 15) is 0 Å². The van der Waals surface area contributed by atoms with E-state index in [4.69, 9.17) is 0 Å². The van der Waals surface area contributed by atoms with Gasteiger partial charge in [0.05, 0.1) is 0 Å². The predicted octanol–water partition coefficient (Wildman–Crippen LogP) is 13.2. The van der Waals surface area contributed by atoms with Crippen molar-refractivity contribution in [2.24, 2.45) is 0 Å². The van der Waals surface area contributed by atoms with Crippen LogP contribution in [-0.4, -0.2) is 39.0 Å². The molecule has 0 N–H and O–H groups in total. The number of rotatable bonds is 6. The van der Waals surface area contributed by atoms with Crippen LogP contribution in [0.15, 0.2) is 54.6 Å². The van der Waals surface area contributed by atoms with Gasteiger partial charge in [-0.3, -0.25) is 0 Å². The van der Waals surface area contributed by atoms with Crippen LogP contribution >= 0.6 is 32.7 Å². The average molecular weight is 851 g/mol. The maximum atomic E-state index is 2.60. The van der Waals surface area contributed by atoms with Crippen molar-refractivity contribution < 1.29 is 16.2 Å². The zero-order chi connectivity index (χ0) is 35.0. The molecule has 0 aromatic heterocycles. The van der Waals surface area contributed by atoms with E-state index >= 15 is 0 Å². The third kappa shape index (κ3) is 10.9. The summed E-state index contributed by atoms with van der Waals surface area (Å²) < 4.78 is 3.91. The summed E-state index contributed by atoms with van der Waals surface area (Å²) in [7, 11) is 0.385. The molecule has 1 heterocycles. The van der Waals surface area contributed by atoms with E-state index in [1.165, 1.54) is 90.9 Å². The molecule has 52 heavy (non-hydrogen) atoms. The van der Waals surface area contributed by atoms with Crippen LogP contribution in [-0.2, 0) is 16.2 Å². The fourth-order valence-electron chi connectivity index (χ4n) is 9.89. The van der Waals surface area contributed by atoms with Gasteiger partial charge in [0.2, 0.25) is 0 Å². The molecular formula is C46H67Cl2N2PRu. The SMILES string of the molecule is C1CCC(P(C2CCCCC2)C2CCCCC2)CC1.Cc1cc(C)c(N2CCN(c3c(C)cc(C)cc3C)[C]2=[Ru]=[CH]c2ccccc2)c(C)c1.Cl.Cl. The first kappa shape index (κ1) is 43.4. The van der Waals surface area contributed by atoms with Gasteiger partial charge in [-0.2, -0.15) is 0 Å². The standard InChI is InChI=1S/C21H26N2.C18H33P.C7H6.2ClH.Ru/c1-14-9-16(3)20(17(4)10-14)22-7-8-23(13-22)21-18(5)11-15(2)12-19(21)6;1-4-10-16(11-5-1)19(17-12-6-2-7-13-17)18-14-8-3-9-15-18;1-7-5-3-2-4-6-7;;;/h9-12H,7-8H2,1-6H3;16-18H,1-15H2;1-6H;2*1H;. The molecule has 0 unspecified atom stereocenters. The number of nitrogens with zero attached hydrogens (tertiary/aromatic N) is 2. The Labute approximate surface area is 338 Å². The number of hydrogen-bond acceptors (Lipinski definition) is 2. The molecule has 0 bridgehead atoms. The van der Waals surface area contributed by atoms with E-state index in [2.05, 4.69) is 111 Å². The number of anilines is 2. The van der Waals surface area contributed by atoms with Crippen molar-refractivity contribution in [2.45, 2.75) is 155 Å². The second-order valence-corrected chi connectivity index (χ2v) is 20.9. The third-order valence-electron chi connectivity index (χ3n) is 11.8. The molecule has 3 aromatic carbocycles. The largest absolute Gasteiger partial charge is 0.147 e. The summed E-state index contributed by atoms with van der Waals surface area (Å²) in [4.78, 5) is 5.20. The van der Waals surface area contributed by atoms with Gasteiger partial charge >= 0.3 is 195 Å². The van der Waals surface area contributed by atoms with Gasteiger partial charge in [-0.25, -0.2) is 0 Å². The summed E-state index contributed by atoms with van der Waals surface area (Å²) >= 11 is -0.0911. The Bertz CT molecular complexity index is 1480. The van der Waals surface area contributed by atoms with Crippen LogP contribution in [0.2, 0.25) is 0 Å². The van der Waals surface area contributed by atoms with E-state index in [-0.39, 0.29) is 41.0 Å². The van der Waals surface area contributed by atoms with Crippen LogP contribution in [0.4, 0.5) is 11.4 Å². The Balaban J connectivity index is 0.000000248. The molecule has 0 spiro atoms. The summed E-state index contributed by atoms with van der Waals surface area (Å²) in [5, 5.41) is 0. The fraction of sp³-hybridized carbons (Fsp3) is 0.565. The van der Waals surface area contributed by atoms with Gasteiger partial charge in [0, 0.05) is 0 Å². The van der Waals surface area contributed by atoms with E-state index < -0.39 is 0 Å². The zero-order valence-corrected chi connectivity index (χ0v) is 37.3. The van der Waals surface area contributed by atoms with E-state index in [0.29, 0.717) is 7.92 Å². The van der Waals surface area contributed by atoms with Crippen LogP contribution in [0.5, 0.6) is 0 Å². The molecule has 0 amide bonds. The first-order valence-electron chi connectivity index (χ1n) is 20.1. The van der Waals surface area contributed by atoms with Gasteiger partial charge in [-0.1, -0.05) is 65.7 Å². The Morgan fingerprint density at radius 3 is 1.21 bits per heavy atom. The summed E-state index contributed by atoms with van der Waals surface area (Å²) in [6.45, 7) is 15.5. The maximum Gasteiger partial charge on any atom is -0.147 e. The Morgan fingerprint density at radius 1 is 0.519 bits per heavy atom. The van der Waals surface area contributed by atoms with Crippen molar-refractivity contribution in [2.75, 3.05) is 22.9 Å².